The third-order valence-corrected chi connectivity index (χ3v) is 8.46. The number of hydrogen-bond donors (Lipinski definition) is 0. The lowest BCUT2D eigenvalue weighted by Gasteiger charge is -2.38. The molecule has 0 spiro atoms. The summed E-state index contributed by atoms with van der Waals surface area (Å²) >= 11 is 0. The summed E-state index contributed by atoms with van der Waals surface area (Å²) in [5, 5.41) is 12.3. The van der Waals surface area contributed by atoms with Crippen molar-refractivity contribution >= 4 is 21.9 Å². The summed E-state index contributed by atoms with van der Waals surface area (Å²) in [4.78, 5) is 0. The van der Waals surface area contributed by atoms with Crippen LogP contribution in [0.25, 0.3) is 44.3 Å². The topological polar surface area (TPSA) is 40.8 Å². The molecule has 196 valence electrons. The number of nitriles is 1. The van der Waals surface area contributed by atoms with Gasteiger partial charge in [-0.3, -0.25) is 0 Å². The summed E-state index contributed by atoms with van der Waals surface area (Å²) in [7, 11) is 2.04. The summed E-state index contributed by atoms with van der Waals surface area (Å²) in [6, 6.07) is 20.9. The quantitative estimate of drug-likeness (QED) is 0.220. The molecule has 0 bridgehead atoms. The summed E-state index contributed by atoms with van der Waals surface area (Å²) in [5.41, 5.74) is 9.16. The van der Waals surface area contributed by atoms with Crippen LogP contribution in [0.3, 0.4) is 0 Å². The molecule has 0 unspecified atom stereocenters. The highest BCUT2D eigenvalue weighted by atomic mass is 16.3. The molecule has 0 N–H and O–H groups in total. The van der Waals surface area contributed by atoms with E-state index in [2.05, 4.69) is 82.5 Å². The maximum absolute atomic E-state index is 10.4. The number of furan rings is 1. The fourth-order valence-electron chi connectivity index (χ4n) is 6.41. The van der Waals surface area contributed by atoms with E-state index in [4.69, 9.17) is 7.16 Å². The second kappa shape index (κ2) is 8.82. The summed E-state index contributed by atoms with van der Waals surface area (Å²) in [6.45, 7) is 13.0. The van der Waals surface area contributed by atoms with Crippen LogP contribution in [0.15, 0.2) is 65.2 Å². The van der Waals surface area contributed by atoms with Crippen LogP contribution in [-0.4, -0.2) is 0 Å². The first-order valence-electron chi connectivity index (χ1n) is 14.8. The van der Waals surface area contributed by atoms with E-state index in [1.165, 1.54) is 0 Å². The molecule has 0 radical (unpaired) electrons. The number of pyridine rings is 1. The molecule has 0 saturated carbocycles. The number of hydrogen-bond acceptors (Lipinski definition) is 2. The van der Waals surface area contributed by atoms with Gasteiger partial charge in [0.15, 0.2) is 6.20 Å². The third-order valence-electron chi connectivity index (χ3n) is 8.46. The van der Waals surface area contributed by atoms with Crippen molar-refractivity contribution in [2.75, 3.05) is 0 Å². The molecule has 2 heterocycles. The molecule has 0 atom stereocenters. The van der Waals surface area contributed by atoms with Crippen LogP contribution in [-0.2, 0) is 24.3 Å². The van der Waals surface area contributed by atoms with Crippen LogP contribution in [0.5, 0.6) is 0 Å². The average molecular weight is 516 g/mol. The van der Waals surface area contributed by atoms with Gasteiger partial charge in [0, 0.05) is 31.2 Å². The number of aromatic nitrogens is 1. The zero-order chi connectivity index (χ0) is 29.5. The highest BCUT2D eigenvalue weighted by Gasteiger charge is 2.35. The predicted molar refractivity (Wildman–Crippen MR) is 160 cm³/mol. The van der Waals surface area contributed by atoms with Crippen LogP contribution in [0.2, 0.25) is 0 Å². The standard InChI is InChI=1S/C36H37N2O/c1-22-13-15-24-25-16-14-23(21-37)31(34(25)39-33(24)30(22)29-12-8-9-20-38(29)7)27-17-18-28(35(2,3)4)26-11-10-19-36(5,6)32(26)27/h8-9,12-18,20H,10-11,19H2,1-7H3/q+1/i11D2. The normalized spacial score (nSPS) is 17.0. The Labute approximate surface area is 234 Å². The Bertz CT molecular complexity index is 1920. The first kappa shape index (κ1) is 23.0. The van der Waals surface area contributed by atoms with E-state index in [1.807, 2.05) is 37.5 Å². The molecule has 0 aliphatic heterocycles. The van der Waals surface area contributed by atoms with Gasteiger partial charge in [-0.1, -0.05) is 58.9 Å². The fraction of sp³-hybridized carbons (Fsp3) is 0.333. The largest absolute Gasteiger partial charge is 0.454 e. The van der Waals surface area contributed by atoms with Crippen molar-refractivity contribution in [3.8, 4) is 28.5 Å². The van der Waals surface area contributed by atoms with Gasteiger partial charge in [0.25, 0.3) is 0 Å². The van der Waals surface area contributed by atoms with Gasteiger partial charge in [0.2, 0.25) is 5.69 Å². The smallest absolute Gasteiger partial charge is 0.216 e. The summed E-state index contributed by atoms with van der Waals surface area (Å²) < 4.78 is 27.3. The van der Waals surface area contributed by atoms with Crippen LogP contribution in [0.4, 0.5) is 0 Å². The lowest BCUT2D eigenvalue weighted by atomic mass is 9.66. The van der Waals surface area contributed by atoms with Crippen LogP contribution >= 0.6 is 0 Å². The van der Waals surface area contributed by atoms with Crippen molar-refractivity contribution in [3.05, 3.63) is 88.6 Å². The predicted octanol–water partition coefficient (Wildman–Crippen LogP) is 8.84. The SMILES string of the molecule is [2H]C1([2H])CCC(C)(C)c2c(-c3c(C#N)ccc4c3oc3c(-c5cccc[n+]5C)c(C)ccc34)ccc(C(C)(C)C)c21. The molecule has 1 aliphatic carbocycles. The highest BCUT2D eigenvalue weighted by Crippen LogP contribution is 2.49. The summed E-state index contributed by atoms with van der Waals surface area (Å²) in [6.07, 6.45) is 1.76. The molecule has 6 rings (SSSR count). The first-order chi connectivity index (χ1) is 19.3. The first-order valence-corrected chi connectivity index (χ1v) is 13.8. The molecule has 1 aliphatic rings. The average Bonchev–Trinajstić information content (AvgIpc) is 3.28. The second-order valence-corrected chi connectivity index (χ2v) is 12.6. The van der Waals surface area contributed by atoms with E-state index in [1.54, 1.807) is 0 Å². The van der Waals surface area contributed by atoms with Gasteiger partial charge in [0.1, 0.15) is 18.2 Å². The molecule has 2 aromatic heterocycles. The van der Waals surface area contributed by atoms with E-state index in [0.717, 1.165) is 67.4 Å². The van der Waals surface area contributed by atoms with E-state index in [9.17, 15) is 5.26 Å². The maximum Gasteiger partial charge on any atom is 0.216 e. The Balaban J connectivity index is 1.78. The van der Waals surface area contributed by atoms with Crippen molar-refractivity contribution in [1.29, 1.82) is 5.26 Å². The third kappa shape index (κ3) is 3.89. The Morgan fingerprint density at radius 2 is 1.69 bits per heavy atom. The molecule has 0 saturated heterocycles. The fourth-order valence-corrected chi connectivity index (χ4v) is 6.41. The second-order valence-electron chi connectivity index (χ2n) is 12.6. The van der Waals surface area contributed by atoms with Crippen molar-refractivity contribution in [2.24, 2.45) is 7.05 Å². The zero-order valence-electron chi connectivity index (χ0n) is 26.0. The molecule has 3 heteroatoms. The molecule has 3 nitrogen and oxygen atoms in total. The highest BCUT2D eigenvalue weighted by molar-refractivity contribution is 6.14. The zero-order valence-corrected chi connectivity index (χ0v) is 24.0. The van der Waals surface area contributed by atoms with Gasteiger partial charge < -0.3 is 4.42 Å². The van der Waals surface area contributed by atoms with Gasteiger partial charge in [-0.15, -0.1) is 0 Å². The van der Waals surface area contributed by atoms with Crippen LogP contribution in [0.1, 0.15) is 78.0 Å². The lowest BCUT2D eigenvalue weighted by molar-refractivity contribution is -0.660. The van der Waals surface area contributed by atoms with Crippen LogP contribution in [0, 0.1) is 18.3 Å². The number of nitrogens with zero attached hydrogens (tertiary/aromatic N) is 2. The molecular formula is C36H37N2O+. The minimum absolute atomic E-state index is 0.232. The molecule has 39 heavy (non-hydrogen) atoms. The number of aryl methyl sites for hydroxylation is 2. The maximum atomic E-state index is 10.4. The minimum Gasteiger partial charge on any atom is -0.454 e. The van der Waals surface area contributed by atoms with Crippen molar-refractivity contribution in [1.82, 2.24) is 0 Å². The van der Waals surface area contributed by atoms with E-state index in [0.29, 0.717) is 17.6 Å². The van der Waals surface area contributed by atoms with Crippen LogP contribution < -0.4 is 4.57 Å². The van der Waals surface area contributed by atoms with Gasteiger partial charge in [-0.25, -0.2) is 4.57 Å². The Kier molecular flexibility index (Phi) is 5.21. The summed E-state index contributed by atoms with van der Waals surface area (Å²) in [5.74, 6) is 0. The minimum atomic E-state index is -1.47. The molecule has 0 amide bonds. The van der Waals surface area contributed by atoms with Gasteiger partial charge in [-0.2, -0.15) is 5.26 Å². The monoisotopic (exact) mass is 515 g/mol. The van der Waals surface area contributed by atoms with E-state index in [-0.39, 0.29) is 10.8 Å². The van der Waals surface area contributed by atoms with Crippen molar-refractivity contribution in [2.45, 2.75) is 71.6 Å². The molecule has 3 aromatic carbocycles. The number of fused-ring (bicyclic) bond motifs is 4. The number of benzene rings is 3. The van der Waals surface area contributed by atoms with Gasteiger partial charge in [-0.05, 0) is 83.0 Å². The Morgan fingerprint density at radius 1 is 0.974 bits per heavy atom. The molecule has 0 fully saturated rings. The number of rotatable bonds is 2. The molecular weight excluding hydrogens is 476 g/mol. The Morgan fingerprint density at radius 3 is 2.38 bits per heavy atom. The Hall–Kier alpha value is -3.90. The van der Waals surface area contributed by atoms with E-state index >= 15 is 0 Å². The van der Waals surface area contributed by atoms with E-state index < -0.39 is 6.37 Å². The molecule has 5 aromatic rings. The van der Waals surface area contributed by atoms with Crippen molar-refractivity contribution in [3.63, 3.8) is 0 Å². The van der Waals surface area contributed by atoms with Gasteiger partial charge in [0.05, 0.1) is 17.2 Å². The van der Waals surface area contributed by atoms with Gasteiger partial charge >= 0.3 is 0 Å². The van der Waals surface area contributed by atoms with Crippen molar-refractivity contribution < 1.29 is 11.7 Å². The lowest BCUT2D eigenvalue weighted by Crippen LogP contribution is -2.30.